The van der Waals surface area contributed by atoms with Crippen molar-refractivity contribution in [2.24, 2.45) is 5.41 Å². The van der Waals surface area contributed by atoms with Crippen molar-refractivity contribution >= 4 is 5.91 Å². The number of amides is 1. The number of carbonyl (C=O) groups is 1. The molecule has 0 saturated heterocycles. The molecular weight excluding hydrogens is 274 g/mol. The highest BCUT2D eigenvalue weighted by atomic mass is 16.3. The van der Waals surface area contributed by atoms with Crippen molar-refractivity contribution in [1.29, 1.82) is 0 Å². The minimum Gasteiger partial charge on any atom is -0.393 e. The molecule has 1 aromatic carbocycles. The Morgan fingerprint density at radius 2 is 1.91 bits per heavy atom. The van der Waals surface area contributed by atoms with E-state index >= 15 is 0 Å². The van der Waals surface area contributed by atoms with Crippen LogP contribution >= 0.6 is 0 Å². The summed E-state index contributed by atoms with van der Waals surface area (Å²) in [6, 6.07) is 8.45. The molecule has 3 nitrogen and oxygen atoms in total. The van der Waals surface area contributed by atoms with E-state index in [-0.39, 0.29) is 23.8 Å². The van der Waals surface area contributed by atoms with Gasteiger partial charge in [-0.1, -0.05) is 52.0 Å². The minimum absolute atomic E-state index is 0.0343. The van der Waals surface area contributed by atoms with Gasteiger partial charge in [0.1, 0.15) is 0 Å². The maximum absolute atomic E-state index is 12.2. The summed E-state index contributed by atoms with van der Waals surface area (Å²) in [6.07, 6.45) is 2.31. The van der Waals surface area contributed by atoms with Crippen molar-refractivity contribution in [1.82, 2.24) is 5.32 Å². The van der Waals surface area contributed by atoms with Gasteiger partial charge in [0.25, 0.3) is 0 Å². The molecule has 3 heteroatoms. The van der Waals surface area contributed by atoms with Gasteiger partial charge in [0.15, 0.2) is 0 Å². The zero-order valence-electron chi connectivity index (χ0n) is 14.2. The quantitative estimate of drug-likeness (QED) is 0.885. The Morgan fingerprint density at radius 1 is 1.27 bits per heavy atom. The van der Waals surface area contributed by atoms with Crippen LogP contribution in [0.1, 0.15) is 76.5 Å². The topological polar surface area (TPSA) is 49.3 Å². The Labute approximate surface area is 134 Å². The van der Waals surface area contributed by atoms with E-state index in [9.17, 15) is 9.90 Å². The molecule has 0 aliphatic heterocycles. The third kappa shape index (κ3) is 4.57. The summed E-state index contributed by atoms with van der Waals surface area (Å²) in [5.74, 6) is 0.502. The van der Waals surface area contributed by atoms with Crippen molar-refractivity contribution in [3.05, 3.63) is 35.4 Å². The van der Waals surface area contributed by atoms with E-state index in [4.69, 9.17) is 0 Å². The van der Waals surface area contributed by atoms with Crippen molar-refractivity contribution in [2.75, 3.05) is 0 Å². The number of rotatable bonds is 4. The number of nitrogens with one attached hydrogen (secondary N) is 1. The van der Waals surface area contributed by atoms with Gasteiger partial charge in [0.2, 0.25) is 5.91 Å². The minimum atomic E-state index is -0.572. The Balaban J connectivity index is 1.97. The van der Waals surface area contributed by atoms with E-state index in [2.05, 4.69) is 51.2 Å². The lowest BCUT2D eigenvalue weighted by molar-refractivity contribution is -0.124. The SMILES string of the molecule is C[C@@H]1CC[C@H](NC(=O)C[C@H](O)CC(C)(C)C)c2ccccc21. The molecule has 2 rings (SSSR count). The normalized spacial score (nSPS) is 22.8. The van der Waals surface area contributed by atoms with Gasteiger partial charge < -0.3 is 10.4 Å². The number of aliphatic hydroxyl groups excluding tert-OH is 1. The van der Waals surface area contributed by atoms with Gasteiger partial charge in [-0.3, -0.25) is 4.79 Å². The van der Waals surface area contributed by atoms with Crippen LogP contribution in [0.2, 0.25) is 0 Å². The van der Waals surface area contributed by atoms with Gasteiger partial charge in [-0.2, -0.15) is 0 Å². The zero-order valence-corrected chi connectivity index (χ0v) is 14.2. The van der Waals surface area contributed by atoms with Crippen LogP contribution < -0.4 is 5.32 Å². The molecule has 22 heavy (non-hydrogen) atoms. The van der Waals surface area contributed by atoms with E-state index in [1.54, 1.807) is 0 Å². The maximum atomic E-state index is 12.2. The summed E-state index contributed by atoms with van der Waals surface area (Å²) in [6.45, 7) is 8.47. The van der Waals surface area contributed by atoms with Crippen molar-refractivity contribution in [2.45, 2.75) is 71.4 Å². The molecule has 0 saturated carbocycles. The van der Waals surface area contributed by atoms with Gasteiger partial charge in [0.05, 0.1) is 18.6 Å². The summed E-state index contributed by atoms with van der Waals surface area (Å²) in [5.41, 5.74) is 2.61. The largest absolute Gasteiger partial charge is 0.393 e. The van der Waals surface area contributed by atoms with Crippen LogP contribution in [0.25, 0.3) is 0 Å². The molecule has 0 radical (unpaired) electrons. The molecule has 0 unspecified atom stereocenters. The second kappa shape index (κ2) is 6.82. The maximum Gasteiger partial charge on any atom is 0.223 e. The molecule has 122 valence electrons. The number of hydrogen-bond acceptors (Lipinski definition) is 2. The molecule has 0 heterocycles. The molecule has 0 bridgehead atoms. The second-order valence-corrected chi connectivity index (χ2v) is 7.85. The monoisotopic (exact) mass is 303 g/mol. The van der Waals surface area contributed by atoms with Crippen LogP contribution in [0.5, 0.6) is 0 Å². The standard InChI is InChI=1S/C19H29NO2/c1-13-9-10-17(16-8-6-5-7-15(13)16)20-18(22)11-14(21)12-19(2,3)4/h5-8,13-14,17,21H,9-12H2,1-4H3,(H,20,22)/t13-,14+,17+/m1/s1. The molecule has 0 spiro atoms. The zero-order chi connectivity index (χ0) is 16.3. The highest BCUT2D eigenvalue weighted by Crippen LogP contribution is 2.37. The number of aliphatic hydroxyl groups is 1. The van der Waals surface area contributed by atoms with Crippen molar-refractivity contribution < 1.29 is 9.90 Å². The lowest BCUT2D eigenvalue weighted by atomic mass is 9.81. The van der Waals surface area contributed by atoms with E-state index in [0.717, 1.165) is 12.8 Å². The summed E-state index contributed by atoms with van der Waals surface area (Å²) in [4.78, 5) is 12.2. The predicted octanol–water partition coefficient (Wildman–Crippen LogP) is 3.93. The van der Waals surface area contributed by atoms with E-state index < -0.39 is 6.10 Å². The fourth-order valence-corrected chi connectivity index (χ4v) is 3.40. The molecule has 0 aromatic heterocycles. The number of carbonyl (C=O) groups excluding carboxylic acids is 1. The van der Waals surface area contributed by atoms with E-state index in [1.807, 2.05) is 6.07 Å². The van der Waals surface area contributed by atoms with Gasteiger partial charge >= 0.3 is 0 Å². The summed E-state index contributed by atoms with van der Waals surface area (Å²) >= 11 is 0. The molecule has 1 aliphatic rings. The lowest BCUT2D eigenvalue weighted by Crippen LogP contribution is -2.34. The smallest absolute Gasteiger partial charge is 0.223 e. The predicted molar refractivity (Wildman–Crippen MR) is 89.7 cm³/mol. The summed E-state index contributed by atoms with van der Waals surface area (Å²) < 4.78 is 0. The average Bonchev–Trinajstić information content (AvgIpc) is 2.40. The Morgan fingerprint density at radius 3 is 2.55 bits per heavy atom. The average molecular weight is 303 g/mol. The van der Waals surface area contributed by atoms with Crippen LogP contribution in [0.3, 0.4) is 0 Å². The molecule has 3 atom stereocenters. The third-order valence-electron chi connectivity index (χ3n) is 4.39. The van der Waals surface area contributed by atoms with Gasteiger partial charge in [-0.05, 0) is 41.7 Å². The summed E-state index contributed by atoms with van der Waals surface area (Å²) in [5, 5.41) is 13.2. The van der Waals surface area contributed by atoms with Gasteiger partial charge in [0, 0.05) is 0 Å². The van der Waals surface area contributed by atoms with Crippen molar-refractivity contribution in [3.63, 3.8) is 0 Å². The fraction of sp³-hybridized carbons (Fsp3) is 0.632. The molecule has 1 aromatic rings. The van der Waals surface area contributed by atoms with E-state index in [0.29, 0.717) is 12.3 Å². The Bertz CT molecular complexity index is 518. The molecular formula is C19H29NO2. The molecule has 0 fully saturated rings. The number of benzene rings is 1. The Kier molecular flexibility index (Phi) is 5.28. The number of fused-ring (bicyclic) bond motifs is 1. The van der Waals surface area contributed by atoms with Crippen molar-refractivity contribution in [3.8, 4) is 0 Å². The number of hydrogen-bond donors (Lipinski definition) is 2. The first-order valence-electron chi connectivity index (χ1n) is 8.32. The molecule has 1 aliphatic carbocycles. The first-order chi connectivity index (χ1) is 10.3. The Hall–Kier alpha value is -1.35. The first kappa shape index (κ1) is 17.0. The highest BCUT2D eigenvalue weighted by molar-refractivity contribution is 5.77. The molecule has 2 N–H and O–H groups in total. The third-order valence-corrected chi connectivity index (χ3v) is 4.39. The molecule has 1 amide bonds. The lowest BCUT2D eigenvalue weighted by Gasteiger charge is -2.30. The van der Waals surface area contributed by atoms with Crippen LogP contribution in [0, 0.1) is 5.41 Å². The van der Waals surface area contributed by atoms with Crippen LogP contribution in [-0.2, 0) is 4.79 Å². The van der Waals surface area contributed by atoms with Gasteiger partial charge in [-0.25, -0.2) is 0 Å². The fourth-order valence-electron chi connectivity index (χ4n) is 3.40. The highest BCUT2D eigenvalue weighted by Gasteiger charge is 2.26. The van der Waals surface area contributed by atoms with Gasteiger partial charge in [-0.15, -0.1) is 0 Å². The van der Waals surface area contributed by atoms with Crippen LogP contribution in [0.15, 0.2) is 24.3 Å². The first-order valence-corrected chi connectivity index (χ1v) is 8.32. The second-order valence-electron chi connectivity index (χ2n) is 7.85. The van der Waals surface area contributed by atoms with Crippen LogP contribution in [-0.4, -0.2) is 17.1 Å². The van der Waals surface area contributed by atoms with E-state index in [1.165, 1.54) is 11.1 Å². The van der Waals surface area contributed by atoms with Crippen LogP contribution in [0.4, 0.5) is 0 Å². The summed E-state index contributed by atoms with van der Waals surface area (Å²) in [7, 11) is 0.